The first kappa shape index (κ1) is 10.4. The number of ether oxygens (including phenoxy) is 1. The van der Waals surface area contributed by atoms with Gasteiger partial charge in [0, 0.05) is 12.0 Å². The molecule has 1 aliphatic rings. The van der Waals surface area contributed by atoms with Crippen LogP contribution in [-0.4, -0.2) is 10.7 Å². The number of aliphatic hydroxyl groups is 1. The van der Waals surface area contributed by atoms with Gasteiger partial charge < -0.3 is 9.84 Å². The normalized spacial score (nSPS) is 29.5. The topological polar surface area (TPSA) is 29.5 Å². The minimum atomic E-state index is -0.630. The molecule has 2 atom stereocenters. The van der Waals surface area contributed by atoms with Gasteiger partial charge in [-0.05, 0) is 31.5 Å². The second kappa shape index (κ2) is 3.49. The predicted octanol–water partition coefficient (Wildman–Crippen LogP) is 2.81. The average molecular weight is 210 g/mol. The first-order valence-corrected chi connectivity index (χ1v) is 5.20. The Morgan fingerprint density at radius 1 is 1.60 bits per heavy atom. The Morgan fingerprint density at radius 3 is 3.00 bits per heavy atom. The fraction of sp³-hybridized carbons (Fsp3) is 0.500. The molecule has 0 fully saturated rings. The van der Waals surface area contributed by atoms with Gasteiger partial charge in [0.2, 0.25) is 0 Å². The number of benzene rings is 1. The van der Waals surface area contributed by atoms with Gasteiger partial charge in [0.1, 0.15) is 17.2 Å². The summed E-state index contributed by atoms with van der Waals surface area (Å²) in [4.78, 5) is 0. The molecular weight excluding hydrogens is 195 g/mol. The molecule has 3 heteroatoms. The lowest BCUT2D eigenvalue weighted by molar-refractivity contribution is -0.00402. The van der Waals surface area contributed by atoms with Gasteiger partial charge in [0.05, 0.1) is 6.10 Å². The molecule has 82 valence electrons. The zero-order valence-electron chi connectivity index (χ0n) is 8.96. The third-order valence-corrected chi connectivity index (χ3v) is 3.06. The van der Waals surface area contributed by atoms with Gasteiger partial charge in [-0.15, -0.1) is 0 Å². The Balaban J connectivity index is 2.41. The molecular formula is C12H15FO2. The van der Waals surface area contributed by atoms with Crippen molar-refractivity contribution in [1.29, 1.82) is 0 Å². The van der Waals surface area contributed by atoms with Crippen LogP contribution in [0.4, 0.5) is 4.39 Å². The van der Waals surface area contributed by atoms with E-state index in [9.17, 15) is 9.50 Å². The molecule has 0 aliphatic carbocycles. The summed E-state index contributed by atoms with van der Waals surface area (Å²) < 4.78 is 18.7. The summed E-state index contributed by atoms with van der Waals surface area (Å²) in [5, 5.41) is 9.91. The highest BCUT2D eigenvalue weighted by Crippen LogP contribution is 2.40. The van der Waals surface area contributed by atoms with E-state index in [1.807, 2.05) is 13.8 Å². The van der Waals surface area contributed by atoms with Crippen molar-refractivity contribution >= 4 is 0 Å². The van der Waals surface area contributed by atoms with E-state index in [0.29, 0.717) is 17.7 Å². The van der Waals surface area contributed by atoms with Crippen LogP contribution in [0.25, 0.3) is 0 Å². The molecule has 0 aromatic heterocycles. The van der Waals surface area contributed by atoms with Crippen molar-refractivity contribution < 1.29 is 14.2 Å². The van der Waals surface area contributed by atoms with E-state index in [0.717, 1.165) is 6.42 Å². The maximum Gasteiger partial charge on any atom is 0.126 e. The fourth-order valence-electron chi connectivity index (χ4n) is 1.92. The highest BCUT2D eigenvalue weighted by atomic mass is 19.1. The summed E-state index contributed by atoms with van der Waals surface area (Å²) in [5.41, 5.74) is 0.213. The van der Waals surface area contributed by atoms with Crippen LogP contribution < -0.4 is 4.74 Å². The molecule has 1 N–H and O–H groups in total. The monoisotopic (exact) mass is 210 g/mol. The van der Waals surface area contributed by atoms with Crippen LogP contribution in [0.1, 0.15) is 38.4 Å². The van der Waals surface area contributed by atoms with Gasteiger partial charge in [-0.3, -0.25) is 0 Å². The van der Waals surface area contributed by atoms with E-state index in [1.165, 1.54) is 12.1 Å². The van der Waals surface area contributed by atoms with Crippen molar-refractivity contribution in [3.8, 4) is 5.75 Å². The Kier molecular flexibility index (Phi) is 2.43. The molecule has 1 aliphatic heterocycles. The summed E-state index contributed by atoms with van der Waals surface area (Å²) in [6, 6.07) is 4.28. The van der Waals surface area contributed by atoms with Gasteiger partial charge in [0.15, 0.2) is 0 Å². The summed E-state index contributed by atoms with van der Waals surface area (Å²) in [6.45, 7) is 3.98. The average Bonchev–Trinajstić information content (AvgIpc) is 2.20. The minimum absolute atomic E-state index is 0.337. The molecule has 0 saturated heterocycles. The molecule has 2 rings (SSSR count). The zero-order chi connectivity index (χ0) is 11.1. The number of halogens is 1. The standard InChI is InChI=1S/C12H15FO2/c1-3-12(2)7-10(14)9-6-8(13)4-5-11(9)15-12/h4-6,10,14H,3,7H2,1-2H3/t10-,12?/m1/s1. The van der Waals surface area contributed by atoms with E-state index in [-0.39, 0.29) is 11.4 Å². The van der Waals surface area contributed by atoms with Gasteiger partial charge in [-0.2, -0.15) is 0 Å². The third-order valence-electron chi connectivity index (χ3n) is 3.06. The zero-order valence-corrected chi connectivity index (χ0v) is 8.96. The van der Waals surface area contributed by atoms with Crippen molar-refractivity contribution in [2.24, 2.45) is 0 Å². The van der Waals surface area contributed by atoms with E-state index >= 15 is 0 Å². The molecule has 0 spiro atoms. The third kappa shape index (κ3) is 1.84. The van der Waals surface area contributed by atoms with Gasteiger partial charge in [0.25, 0.3) is 0 Å². The first-order valence-electron chi connectivity index (χ1n) is 5.20. The minimum Gasteiger partial charge on any atom is -0.487 e. The fourth-order valence-corrected chi connectivity index (χ4v) is 1.92. The number of hydrogen-bond donors (Lipinski definition) is 1. The smallest absolute Gasteiger partial charge is 0.126 e. The molecule has 0 bridgehead atoms. The van der Waals surface area contributed by atoms with E-state index in [1.54, 1.807) is 6.07 Å². The lowest BCUT2D eigenvalue weighted by Crippen LogP contribution is -2.37. The lowest BCUT2D eigenvalue weighted by Gasteiger charge is -2.37. The molecule has 1 unspecified atom stereocenters. The van der Waals surface area contributed by atoms with Crippen molar-refractivity contribution in [2.75, 3.05) is 0 Å². The molecule has 0 radical (unpaired) electrons. The summed E-state index contributed by atoms with van der Waals surface area (Å²) in [6.07, 6.45) is 0.704. The number of fused-ring (bicyclic) bond motifs is 1. The molecule has 1 aromatic rings. The summed E-state index contributed by atoms with van der Waals surface area (Å²) in [5.74, 6) is 0.260. The van der Waals surface area contributed by atoms with Gasteiger partial charge in [-0.25, -0.2) is 4.39 Å². The Labute approximate surface area is 88.7 Å². The van der Waals surface area contributed by atoms with E-state index in [4.69, 9.17) is 4.74 Å². The maximum absolute atomic E-state index is 13.0. The molecule has 1 heterocycles. The van der Waals surface area contributed by atoms with Crippen molar-refractivity contribution in [2.45, 2.75) is 38.4 Å². The highest BCUT2D eigenvalue weighted by Gasteiger charge is 2.35. The quantitative estimate of drug-likeness (QED) is 0.772. The highest BCUT2D eigenvalue weighted by molar-refractivity contribution is 5.38. The summed E-state index contributed by atoms with van der Waals surface area (Å²) in [7, 11) is 0. The molecule has 1 aromatic carbocycles. The van der Waals surface area contributed by atoms with Crippen LogP contribution in [0, 0.1) is 5.82 Å². The first-order chi connectivity index (χ1) is 7.04. The molecule has 2 nitrogen and oxygen atoms in total. The SMILES string of the molecule is CCC1(C)C[C@@H](O)c2cc(F)ccc2O1. The predicted molar refractivity (Wildman–Crippen MR) is 55.3 cm³/mol. The van der Waals surface area contributed by atoms with Crippen LogP contribution in [0.3, 0.4) is 0 Å². The Hall–Kier alpha value is -1.09. The number of rotatable bonds is 1. The van der Waals surface area contributed by atoms with Gasteiger partial charge >= 0.3 is 0 Å². The lowest BCUT2D eigenvalue weighted by atomic mass is 9.88. The second-order valence-electron chi connectivity index (χ2n) is 4.31. The largest absolute Gasteiger partial charge is 0.487 e. The number of aliphatic hydroxyl groups excluding tert-OH is 1. The van der Waals surface area contributed by atoms with Crippen LogP contribution in [0.2, 0.25) is 0 Å². The van der Waals surface area contributed by atoms with Crippen LogP contribution in [0.5, 0.6) is 5.75 Å². The van der Waals surface area contributed by atoms with E-state index < -0.39 is 6.10 Å². The van der Waals surface area contributed by atoms with Crippen LogP contribution in [0.15, 0.2) is 18.2 Å². The van der Waals surface area contributed by atoms with E-state index in [2.05, 4.69) is 0 Å². The summed E-state index contributed by atoms with van der Waals surface area (Å²) >= 11 is 0. The van der Waals surface area contributed by atoms with Crippen molar-refractivity contribution in [3.63, 3.8) is 0 Å². The van der Waals surface area contributed by atoms with Crippen LogP contribution in [-0.2, 0) is 0 Å². The molecule has 0 saturated carbocycles. The Morgan fingerprint density at radius 2 is 2.33 bits per heavy atom. The number of hydrogen-bond acceptors (Lipinski definition) is 2. The van der Waals surface area contributed by atoms with Crippen molar-refractivity contribution in [3.05, 3.63) is 29.6 Å². The molecule has 0 amide bonds. The molecule has 15 heavy (non-hydrogen) atoms. The Bertz CT molecular complexity index is 378. The second-order valence-corrected chi connectivity index (χ2v) is 4.31. The van der Waals surface area contributed by atoms with Gasteiger partial charge in [-0.1, -0.05) is 6.92 Å². The van der Waals surface area contributed by atoms with Crippen LogP contribution >= 0.6 is 0 Å². The van der Waals surface area contributed by atoms with Crippen molar-refractivity contribution in [1.82, 2.24) is 0 Å². The maximum atomic E-state index is 13.0.